The maximum Gasteiger partial charge on any atom is 0.410 e. The van der Waals surface area contributed by atoms with Crippen molar-refractivity contribution in [3.05, 3.63) is 0 Å². The van der Waals surface area contributed by atoms with Gasteiger partial charge in [-0.3, -0.25) is 0 Å². The number of aliphatic hydroxyl groups excluding tert-OH is 1. The van der Waals surface area contributed by atoms with E-state index < -0.39 is 11.7 Å². The lowest BCUT2D eigenvalue weighted by atomic mass is 9.75. The fraction of sp³-hybridized carbons (Fsp3) is 0.917. The molecule has 3 aliphatic rings. The molecule has 5 heteroatoms. The number of carbonyl (C=O) groups excluding carboxylic acids is 1. The van der Waals surface area contributed by atoms with E-state index in [4.69, 9.17) is 10.5 Å². The third kappa shape index (κ3) is 2.40. The molecule has 0 aromatic heterocycles. The number of amides is 1. The molecular weight excluding hydrogens is 220 g/mol. The lowest BCUT2D eigenvalue weighted by molar-refractivity contribution is -0.0748. The smallest absolute Gasteiger partial charge is 0.410 e. The van der Waals surface area contributed by atoms with Gasteiger partial charge in [0, 0.05) is 12.6 Å². The Morgan fingerprint density at radius 3 is 2.59 bits per heavy atom. The second-order valence-electron chi connectivity index (χ2n) is 6.11. The average molecular weight is 242 g/mol. The van der Waals surface area contributed by atoms with Crippen molar-refractivity contribution in [2.75, 3.05) is 6.54 Å². The van der Waals surface area contributed by atoms with Crippen molar-refractivity contribution < 1.29 is 14.6 Å². The fourth-order valence-electron chi connectivity index (χ4n) is 2.76. The molecule has 0 radical (unpaired) electrons. The van der Waals surface area contributed by atoms with Crippen LogP contribution >= 0.6 is 0 Å². The first-order chi connectivity index (χ1) is 7.79. The molecule has 17 heavy (non-hydrogen) atoms. The molecule has 5 nitrogen and oxygen atoms in total. The first kappa shape index (κ1) is 12.6. The molecule has 2 saturated heterocycles. The lowest BCUT2D eigenvalue weighted by Crippen LogP contribution is -2.66. The minimum Gasteiger partial charge on any atom is -0.444 e. The second-order valence-corrected chi connectivity index (χ2v) is 6.11. The average Bonchev–Trinajstić information content (AvgIpc) is 2.22. The van der Waals surface area contributed by atoms with E-state index in [1.54, 1.807) is 4.90 Å². The maximum absolute atomic E-state index is 12.0. The number of fused-ring (bicyclic) bond motifs is 3. The third-order valence-corrected chi connectivity index (χ3v) is 3.63. The Balaban J connectivity index is 2.06. The normalized spacial score (nSPS) is 37.1. The zero-order chi connectivity index (χ0) is 12.8. The van der Waals surface area contributed by atoms with E-state index in [0.717, 1.165) is 12.8 Å². The molecular formula is C12H22N2O3. The predicted octanol–water partition coefficient (Wildman–Crippen LogP) is 0.704. The number of piperidine rings is 2. The van der Waals surface area contributed by atoms with Gasteiger partial charge in [0.15, 0.2) is 0 Å². The van der Waals surface area contributed by atoms with E-state index in [1.807, 2.05) is 20.8 Å². The SMILES string of the molecule is CC(C)(C)OC(=O)N1C[C@H]2CC[C@H]1[C@@H](O)[C@@H]2N. The highest BCUT2D eigenvalue weighted by molar-refractivity contribution is 5.69. The number of hydrogen-bond acceptors (Lipinski definition) is 4. The first-order valence-electron chi connectivity index (χ1n) is 6.23. The summed E-state index contributed by atoms with van der Waals surface area (Å²) in [5.74, 6) is 0.197. The topological polar surface area (TPSA) is 75.8 Å². The molecule has 0 aromatic carbocycles. The highest BCUT2D eigenvalue weighted by atomic mass is 16.6. The Hall–Kier alpha value is -0.810. The number of hydrogen-bond donors (Lipinski definition) is 2. The monoisotopic (exact) mass is 242 g/mol. The van der Waals surface area contributed by atoms with Crippen molar-refractivity contribution in [3.63, 3.8) is 0 Å². The third-order valence-electron chi connectivity index (χ3n) is 3.63. The Bertz CT molecular complexity index is 311. The zero-order valence-electron chi connectivity index (χ0n) is 10.7. The summed E-state index contributed by atoms with van der Waals surface area (Å²) < 4.78 is 5.35. The van der Waals surface area contributed by atoms with Crippen molar-refractivity contribution in [1.82, 2.24) is 4.90 Å². The highest BCUT2D eigenvalue weighted by Gasteiger charge is 2.48. The van der Waals surface area contributed by atoms with Gasteiger partial charge < -0.3 is 20.5 Å². The largest absolute Gasteiger partial charge is 0.444 e. The molecule has 1 saturated carbocycles. The van der Waals surface area contributed by atoms with Crippen LogP contribution in [-0.4, -0.2) is 46.4 Å². The molecule has 3 rings (SSSR count). The summed E-state index contributed by atoms with van der Waals surface area (Å²) in [6.07, 6.45) is 0.856. The van der Waals surface area contributed by atoms with Gasteiger partial charge in [-0.05, 0) is 39.5 Å². The van der Waals surface area contributed by atoms with Crippen molar-refractivity contribution >= 4 is 6.09 Å². The van der Waals surface area contributed by atoms with Crippen LogP contribution in [0.1, 0.15) is 33.6 Å². The van der Waals surface area contributed by atoms with Crippen molar-refractivity contribution in [3.8, 4) is 0 Å². The molecule has 4 atom stereocenters. The number of ether oxygens (including phenoxy) is 1. The van der Waals surface area contributed by atoms with E-state index in [-0.39, 0.29) is 24.1 Å². The van der Waals surface area contributed by atoms with Gasteiger partial charge >= 0.3 is 6.09 Å². The van der Waals surface area contributed by atoms with Crippen LogP contribution in [0.3, 0.4) is 0 Å². The molecule has 1 amide bonds. The molecule has 2 bridgehead atoms. The van der Waals surface area contributed by atoms with Gasteiger partial charge in [-0.15, -0.1) is 0 Å². The first-order valence-corrected chi connectivity index (χ1v) is 6.23. The maximum atomic E-state index is 12.0. The minimum absolute atomic E-state index is 0.176. The summed E-state index contributed by atoms with van der Waals surface area (Å²) in [5.41, 5.74) is 5.43. The Morgan fingerprint density at radius 2 is 2.06 bits per heavy atom. The summed E-state index contributed by atoms with van der Waals surface area (Å²) in [7, 11) is 0. The lowest BCUT2D eigenvalue weighted by Gasteiger charge is -2.51. The molecule has 1 aliphatic carbocycles. The second kappa shape index (κ2) is 4.14. The Morgan fingerprint density at radius 1 is 1.41 bits per heavy atom. The van der Waals surface area contributed by atoms with E-state index >= 15 is 0 Å². The van der Waals surface area contributed by atoms with Crippen LogP contribution in [0.2, 0.25) is 0 Å². The zero-order valence-corrected chi connectivity index (χ0v) is 10.7. The van der Waals surface area contributed by atoms with E-state index in [9.17, 15) is 9.90 Å². The Labute approximate surface area is 102 Å². The number of nitrogens with zero attached hydrogens (tertiary/aromatic N) is 1. The molecule has 2 aliphatic heterocycles. The quantitative estimate of drug-likeness (QED) is 0.656. The number of aliphatic hydroxyl groups is 1. The van der Waals surface area contributed by atoms with Gasteiger partial charge in [-0.1, -0.05) is 0 Å². The van der Waals surface area contributed by atoms with Crippen LogP contribution < -0.4 is 5.73 Å². The highest BCUT2D eigenvalue weighted by Crippen LogP contribution is 2.35. The van der Waals surface area contributed by atoms with Gasteiger partial charge in [-0.2, -0.15) is 0 Å². The molecule has 3 fully saturated rings. The van der Waals surface area contributed by atoms with Crippen LogP contribution in [0.15, 0.2) is 0 Å². The van der Waals surface area contributed by atoms with Crippen LogP contribution in [0, 0.1) is 5.92 Å². The number of nitrogens with two attached hydrogens (primary N) is 1. The van der Waals surface area contributed by atoms with Crippen LogP contribution in [0.25, 0.3) is 0 Å². The van der Waals surface area contributed by atoms with Crippen molar-refractivity contribution in [2.45, 2.75) is 57.4 Å². The molecule has 2 heterocycles. The molecule has 0 spiro atoms. The summed E-state index contributed by atoms with van der Waals surface area (Å²) in [6, 6.07) is -0.378. The molecule has 3 N–H and O–H groups in total. The van der Waals surface area contributed by atoms with Gasteiger partial charge in [-0.25, -0.2) is 4.79 Å². The fourth-order valence-corrected chi connectivity index (χ4v) is 2.76. The van der Waals surface area contributed by atoms with Gasteiger partial charge in [0.05, 0.1) is 12.1 Å². The van der Waals surface area contributed by atoms with E-state index in [2.05, 4.69) is 0 Å². The Kier molecular flexibility index (Phi) is 3.08. The summed E-state index contributed by atoms with van der Waals surface area (Å²) >= 11 is 0. The van der Waals surface area contributed by atoms with Gasteiger partial charge in [0.25, 0.3) is 0 Å². The van der Waals surface area contributed by atoms with Crippen LogP contribution in [-0.2, 0) is 4.74 Å². The molecule has 0 unspecified atom stereocenters. The minimum atomic E-state index is -0.616. The van der Waals surface area contributed by atoms with Crippen LogP contribution in [0.4, 0.5) is 4.79 Å². The number of rotatable bonds is 0. The van der Waals surface area contributed by atoms with Crippen molar-refractivity contribution in [2.24, 2.45) is 11.7 Å². The summed E-state index contributed by atoms with van der Waals surface area (Å²) in [6.45, 7) is 6.14. The van der Waals surface area contributed by atoms with Crippen LogP contribution in [0.5, 0.6) is 0 Å². The molecule has 0 aromatic rings. The standard InChI is InChI=1S/C12H22N2O3/c1-12(2,3)17-11(16)14-6-7-4-5-8(14)10(15)9(7)13/h7-10,15H,4-6,13H2,1-3H3/t7-,8+,9-,10-/m1/s1. The molecule has 98 valence electrons. The van der Waals surface area contributed by atoms with E-state index in [1.165, 1.54) is 0 Å². The van der Waals surface area contributed by atoms with Crippen molar-refractivity contribution in [1.29, 1.82) is 0 Å². The van der Waals surface area contributed by atoms with Gasteiger partial charge in [0.1, 0.15) is 5.60 Å². The predicted molar refractivity (Wildman–Crippen MR) is 63.4 cm³/mol. The van der Waals surface area contributed by atoms with E-state index in [0.29, 0.717) is 6.54 Å². The summed E-state index contributed by atoms with van der Waals surface area (Å²) in [4.78, 5) is 13.7. The summed E-state index contributed by atoms with van der Waals surface area (Å²) in [5, 5.41) is 10.0. The van der Waals surface area contributed by atoms with Gasteiger partial charge in [0.2, 0.25) is 0 Å². The number of carbonyl (C=O) groups is 1.